The maximum atomic E-state index is 13.4. The lowest BCUT2D eigenvalue weighted by atomic mass is 10.2. The maximum absolute atomic E-state index is 13.4. The fourth-order valence-electron chi connectivity index (χ4n) is 1.88. The van der Waals surface area contributed by atoms with Crippen LogP contribution in [0.5, 0.6) is 0 Å². The molecule has 0 aliphatic carbocycles. The van der Waals surface area contributed by atoms with E-state index in [1.54, 1.807) is 0 Å². The fraction of sp³-hybridized carbons (Fsp3) is 0.455. The second-order valence-electron chi connectivity index (χ2n) is 4.19. The molecule has 0 unspecified atom stereocenters. The third-order valence-corrected chi connectivity index (χ3v) is 4.35. The molecule has 0 aromatic heterocycles. The molecular formula is C11H14F2N2O2S. The number of piperidine rings is 1. The van der Waals surface area contributed by atoms with Gasteiger partial charge in [-0.15, -0.1) is 0 Å². The van der Waals surface area contributed by atoms with Gasteiger partial charge in [-0.05, 0) is 25.0 Å². The average Bonchev–Trinajstić information content (AvgIpc) is 2.34. The van der Waals surface area contributed by atoms with Gasteiger partial charge < -0.3 is 0 Å². The second-order valence-corrected chi connectivity index (χ2v) is 5.86. The number of nitrogens with one attached hydrogen (secondary N) is 1. The summed E-state index contributed by atoms with van der Waals surface area (Å²) in [5, 5.41) is 0. The van der Waals surface area contributed by atoms with E-state index in [-0.39, 0.29) is 5.69 Å². The highest BCUT2D eigenvalue weighted by atomic mass is 32.2. The molecule has 1 aromatic rings. The Kier molecular flexibility index (Phi) is 3.82. The highest BCUT2D eigenvalue weighted by molar-refractivity contribution is 7.90. The highest BCUT2D eigenvalue weighted by Gasteiger charge is 2.24. The van der Waals surface area contributed by atoms with Crippen molar-refractivity contribution in [2.75, 3.05) is 17.8 Å². The van der Waals surface area contributed by atoms with Gasteiger partial charge in [0.05, 0.1) is 5.69 Å². The number of hydrogen-bond acceptors (Lipinski definition) is 2. The Balaban J connectivity index is 2.16. The van der Waals surface area contributed by atoms with E-state index in [0.29, 0.717) is 19.2 Å². The van der Waals surface area contributed by atoms with Crippen molar-refractivity contribution in [3.63, 3.8) is 0 Å². The van der Waals surface area contributed by atoms with Gasteiger partial charge in [-0.25, -0.2) is 8.78 Å². The van der Waals surface area contributed by atoms with Gasteiger partial charge in [0.1, 0.15) is 11.6 Å². The van der Waals surface area contributed by atoms with Gasteiger partial charge in [-0.1, -0.05) is 6.42 Å². The van der Waals surface area contributed by atoms with Crippen molar-refractivity contribution in [2.24, 2.45) is 0 Å². The summed E-state index contributed by atoms with van der Waals surface area (Å²) in [6.07, 6.45) is 2.59. The fourth-order valence-corrected chi connectivity index (χ4v) is 3.19. The normalized spacial score (nSPS) is 17.7. The second kappa shape index (κ2) is 5.19. The molecular weight excluding hydrogens is 262 g/mol. The molecule has 100 valence electrons. The van der Waals surface area contributed by atoms with Crippen molar-refractivity contribution >= 4 is 15.9 Å². The minimum absolute atomic E-state index is 0.234. The molecule has 7 heteroatoms. The average molecular weight is 276 g/mol. The number of nitrogens with zero attached hydrogens (tertiary/aromatic N) is 1. The van der Waals surface area contributed by atoms with Gasteiger partial charge in [0.25, 0.3) is 0 Å². The van der Waals surface area contributed by atoms with Gasteiger partial charge >= 0.3 is 10.2 Å². The molecule has 1 aliphatic rings. The first kappa shape index (κ1) is 13.2. The summed E-state index contributed by atoms with van der Waals surface area (Å²) in [7, 11) is -3.75. The van der Waals surface area contributed by atoms with Crippen molar-refractivity contribution in [3.8, 4) is 0 Å². The number of hydrogen-bond donors (Lipinski definition) is 1. The molecule has 1 aliphatic heterocycles. The zero-order valence-corrected chi connectivity index (χ0v) is 10.5. The molecule has 0 amide bonds. The monoisotopic (exact) mass is 276 g/mol. The smallest absolute Gasteiger partial charge is 0.268 e. The van der Waals surface area contributed by atoms with Crippen LogP contribution in [0.25, 0.3) is 0 Å². The van der Waals surface area contributed by atoms with Crippen LogP contribution < -0.4 is 4.72 Å². The van der Waals surface area contributed by atoms with Crippen molar-refractivity contribution in [1.29, 1.82) is 0 Å². The standard InChI is InChI=1S/C11H14F2N2O2S/c12-9-4-5-11(10(13)8-9)14-18(16,17)15-6-2-1-3-7-15/h4-5,8,14H,1-3,6-7H2. The van der Waals surface area contributed by atoms with Crippen molar-refractivity contribution in [2.45, 2.75) is 19.3 Å². The molecule has 18 heavy (non-hydrogen) atoms. The molecule has 0 bridgehead atoms. The molecule has 1 fully saturated rings. The molecule has 4 nitrogen and oxygen atoms in total. The SMILES string of the molecule is O=S(=O)(Nc1ccc(F)cc1F)N1CCCCC1. The number of halogens is 2. The summed E-state index contributed by atoms with van der Waals surface area (Å²) in [6.45, 7) is 0.857. The first-order valence-electron chi connectivity index (χ1n) is 5.72. The van der Waals surface area contributed by atoms with E-state index >= 15 is 0 Å². The lowest BCUT2D eigenvalue weighted by Gasteiger charge is -2.26. The van der Waals surface area contributed by atoms with E-state index in [0.717, 1.165) is 31.4 Å². The summed E-state index contributed by atoms with van der Waals surface area (Å²) in [6, 6.07) is 2.73. The third kappa shape index (κ3) is 2.97. The summed E-state index contributed by atoms with van der Waals surface area (Å²) < 4.78 is 53.4. The highest BCUT2D eigenvalue weighted by Crippen LogP contribution is 2.19. The first-order chi connectivity index (χ1) is 8.49. The summed E-state index contributed by atoms with van der Waals surface area (Å²) in [4.78, 5) is 0. The molecule has 1 N–H and O–H groups in total. The Hall–Kier alpha value is -1.21. The predicted octanol–water partition coefficient (Wildman–Crippen LogP) is 2.11. The van der Waals surface area contributed by atoms with Crippen LogP contribution in [0.2, 0.25) is 0 Å². The number of anilines is 1. The van der Waals surface area contributed by atoms with Crippen LogP contribution in [0.3, 0.4) is 0 Å². The molecule has 0 saturated carbocycles. The van der Waals surface area contributed by atoms with Gasteiger partial charge in [-0.2, -0.15) is 12.7 Å². The zero-order valence-electron chi connectivity index (χ0n) is 9.70. The van der Waals surface area contributed by atoms with Gasteiger partial charge in [0, 0.05) is 19.2 Å². The van der Waals surface area contributed by atoms with E-state index in [1.807, 2.05) is 0 Å². The Morgan fingerprint density at radius 1 is 1.11 bits per heavy atom. The summed E-state index contributed by atoms with van der Waals surface area (Å²) in [5.74, 6) is -1.66. The minimum Gasteiger partial charge on any atom is -0.268 e. The number of benzene rings is 1. The van der Waals surface area contributed by atoms with E-state index in [1.165, 1.54) is 4.31 Å². The van der Waals surface area contributed by atoms with E-state index < -0.39 is 21.8 Å². The number of rotatable bonds is 3. The Morgan fingerprint density at radius 2 is 1.78 bits per heavy atom. The lowest BCUT2D eigenvalue weighted by Crippen LogP contribution is -2.39. The van der Waals surface area contributed by atoms with Gasteiger partial charge in [0.15, 0.2) is 0 Å². The topological polar surface area (TPSA) is 49.4 Å². The summed E-state index contributed by atoms with van der Waals surface area (Å²) in [5.41, 5.74) is -0.234. The Morgan fingerprint density at radius 3 is 2.39 bits per heavy atom. The molecule has 0 atom stereocenters. The van der Waals surface area contributed by atoms with Gasteiger partial charge in [0.2, 0.25) is 0 Å². The maximum Gasteiger partial charge on any atom is 0.301 e. The van der Waals surface area contributed by atoms with Crippen LogP contribution in [0.15, 0.2) is 18.2 Å². The predicted molar refractivity (Wildman–Crippen MR) is 64.3 cm³/mol. The van der Waals surface area contributed by atoms with Gasteiger partial charge in [-0.3, -0.25) is 4.72 Å². The first-order valence-corrected chi connectivity index (χ1v) is 7.16. The minimum atomic E-state index is -3.75. The van der Waals surface area contributed by atoms with Crippen LogP contribution in [0.1, 0.15) is 19.3 Å². The van der Waals surface area contributed by atoms with E-state index in [4.69, 9.17) is 0 Å². The van der Waals surface area contributed by atoms with Crippen LogP contribution in [0, 0.1) is 11.6 Å². The molecule has 0 spiro atoms. The quantitative estimate of drug-likeness (QED) is 0.919. The van der Waals surface area contributed by atoms with Crippen LogP contribution in [-0.4, -0.2) is 25.8 Å². The van der Waals surface area contributed by atoms with E-state index in [2.05, 4.69) is 4.72 Å². The Bertz CT molecular complexity index is 528. The van der Waals surface area contributed by atoms with Crippen LogP contribution >= 0.6 is 0 Å². The summed E-state index contributed by atoms with van der Waals surface area (Å²) >= 11 is 0. The third-order valence-electron chi connectivity index (χ3n) is 2.83. The molecule has 1 heterocycles. The Labute approximate surface area is 105 Å². The van der Waals surface area contributed by atoms with Crippen molar-refractivity contribution in [3.05, 3.63) is 29.8 Å². The van der Waals surface area contributed by atoms with E-state index in [9.17, 15) is 17.2 Å². The molecule has 0 radical (unpaired) electrons. The molecule has 1 saturated heterocycles. The lowest BCUT2D eigenvalue weighted by molar-refractivity contribution is 0.349. The van der Waals surface area contributed by atoms with Crippen LogP contribution in [-0.2, 0) is 10.2 Å². The largest absolute Gasteiger partial charge is 0.301 e. The van der Waals surface area contributed by atoms with Crippen molar-refractivity contribution in [1.82, 2.24) is 4.31 Å². The molecule has 2 rings (SSSR count). The van der Waals surface area contributed by atoms with Crippen molar-refractivity contribution < 1.29 is 17.2 Å². The van der Waals surface area contributed by atoms with Crippen LogP contribution in [0.4, 0.5) is 14.5 Å². The zero-order chi connectivity index (χ0) is 13.2. The molecule has 1 aromatic carbocycles.